The van der Waals surface area contributed by atoms with E-state index in [1.165, 1.54) is 19.2 Å². The van der Waals surface area contributed by atoms with Crippen LogP contribution in [0.25, 0.3) is 11.3 Å². The Hall–Kier alpha value is -3.91. The van der Waals surface area contributed by atoms with Crippen LogP contribution in [0.2, 0.25) is 0 Å². The van der Waals surface area contributed by atoms with Gasteiger partial charge in [-0.1, -0.05) is 54.6 Å². The highest BCUT2D eigenvalue weighted by atomic mass is 32.2. The maximum Gasteiger partial charge on any atom is 0.264 e. The Labute approximate surface area is 180 Å². The van der Waals surface area contributed by atoms with Gasteiger partial charge >= 0.3 is 0 Å². The topological polar surface area (TPSA) is 90.4 Å². The summed E-state index contributed by atoms with van der Waals surface area (Å²) in [5.74, 6) is 1.11. The molecule has 0 saturated carbocycles. The summed E-state index contributed by atoms with van der Waals surface area (Å²) < 4.78 is 39.2. The molecule has 8 heteroatoms. The Balaban J connectivity index is 1.72. The molecule has 0 aliphatic carbocycles. The van der Waals surface area contributed by atoms with E-state index in [4.69, 9.17) is 9.47 Å². The Morgan fingerprint density at radius 2 is 1.45 bits per heavy atom. The molecule has 0 amide bonds. The van der Waals surface area contributed by atoms with Crippen molar-refractivity contribution in [1.82, 2.24) is 9.97 Å². The van der Waals surface area contributed by atoms with Crippen molar-refractivity contribution in [2.24, 2.45) is 0 Å². The summed E-state index contributed by atoms with van der Waals surface area (Å²) in [5, 5.41) is 0. The molecule has 0 fully saturated rings. The lowest BCUT2D eigenvalue weighted by molar-refractivity contribution is 0.413. The summed E-state index contributed by atoms with van der Waals surface area (Å²) in [7, 11) is -2.47. The number of anilines is 1. The highest BCUT2D eigenvalue weighted by Crippen LogP contribution is 2.27. The molecule has 0 aliphatic rings. The first-order valence-electron chi connectivity index (χ1n) is 9.38. The van der Waals surface area contributed by atoms with Crippen molar-refractivity contribution in [2.45, 2.75) is 4.90 Å². The van der Waals surface area contributed by atoms with E-state index in [9.17, 15) is 8.42 Å². The van der Waals surface area contributed by atoms with Crippen molar-refractivity contribution in [3.05, 3.63) is 91.0 Å². The fourth-order valence-corrected chi connectivity index (χ4v) is 3.81. The lowest BCUT2D eigenvalue weighted by Gasteiger charge is -2.12. The molecule has 0 spiro atoms. The molecule has 4 aromatic rings. The van der Waals surface area contributed by atoms with Gasteiger partial charge in [0.2, 0.25) is 11.8 Å². The Morgan fingerprint density at radius 3 is 2.16 bits per heavy atom. The zero-order valence-corrected chi connectivity index (χ0v) is 17.4. The number of nitrogens with zero attached hydrogens (tertiary/aromatic N) is 2. The van der Waals surface area contributed by atoms with E-state index in [0.29, 0.717) is 17.2 Å². The van der Waals surface area contributed by atoms with Gasteiger partial charge in [0.25, 0.3) is 10.0 Å². The Kier molecular flexibility index (Phi) is 5.81. The fraction of sp³-hybridized carbons (Fsp3) is 0.0435. The minimum atomic E-state index is -3.95. The van der Waals surface area contributed by atoms with Crippen LogP contribution in [0.4, 0.5) is 5.95 Å². The SMILES string of the molecule is COc1cccc(S(=O)(=O)Nc2nc(Oc3ccccc3)cc(-c3ccccc3)n2)c1. The maximum atomic E-state index is 12.9. The fourth-order valence-electron chi connectivity index (χ4n) is 2.84. The van der Waals surface area contributed by atoms with Gasteiger partial charge in [0.05, 0.1) is 17.7 Å². The zero-order chi connectivity index (χ0) is 21.7. The Bertz CT molecular complexity index is 1280. The van der Waals surface area contributed by atoms with Gasteiger partial charge in [0.1, 0.15) is 11.5 Å². The largest absolute Gasteiger partial charge is 0.497 e. The second-order valence-electron chi connectivity index (χ2n) is 6.48. The van der Waals surface area contributed by atoms with Gasteiger partial charge in [-0.2, -0.15) is 4.98 Å². The van der Waals surface area contributed by atoms with E-state index in [1.54, 1.807) is 30.3 Å². The minimum absolute atomic E-state index is 0.0334. The van der Waals surface area contributed by atoms with E-state index < -0.39 is 10.0 Å². The lowest BCUT2D eigenvalue weighted by atomic mass is 10.1. The lowest BCUT2D eigenvalue weighted by Crippen LogP contribution is -2.15. The third-order valence-corrected chi connectivity index (χ3v) is 5.64. The van der Waals surface area contributed by atoms with Crippen LogP contribution in [0.15, 0.2) is 95.9 Å². The molecule has 1 N–H and O–H groups in total. The molecular formula is C23H19N3O4S. The van der Waals surface area contributed by atoms with E-state index in [0.717, 1.165) is 5.56 Å². The zero-order valence-electron chi connectivity index (χ0n) is 16.6. The average Bonchev–Trinajstić information content (AvgIpc) is 2.80. The number of benzene rings is 3. The summed E-state index contributed by atoms with van der Waals surface area (Å²) >= 11 is 0. The predicted octanol–water partition coefficient (Wildman–Crippen LogP) is 4.75. The van der Waals surface area contributed by atoms with Crippen LogP contribution in [0, 0.1) is 0 Å². The summed E-state index contributed by atoms with van der Waals surface area (Å²) in [6, 6.07) is 26.3. The highest BCUT2D eigenvalue weighted by molar-refractivity contribution is 7.92. The van der Waals surface area contributed by atoms with Crippen LogP contribution in [-0.4, -0.2) is 25.5 Å². The summed E-state index contributed by atoms with van der Waals surface area (Å²) in [6.45, 7) is 0. The molecule has 1 aromatic heterocycles. The molecule has 0 saturated heterocycles. The number of sulfonamides is 1. The van der Waals surface area contributed by atoms with E-state index in [-0.39, 0.29) is 16.7 Å². The van der Waals surface area contributed by atoms with Crippen LogP contribution in [0.5, 0.6) is 17.4 Å². The van der Waals surface area contributed by atoms with Gasteiger partial charge in [0, 0.05) is 17.7 Å². The van der Waals surface area contributed by atoms with Gasteiger partial charge in [-0.25, -0.2) is 18.1 Å². The van der Waals surface area contributed by atoms with E-state index >= 15 is 0 Å². The number of para-hydroxylation sites is 1. The van der Waals surface area contributed by atoms with Gasteiger partial charge in [-0.15, -0.1) is 0 Å². The van der Waals surface area contributed by atoms with Gasteiger partial charge in [0.15, 0.2) is 0 Å². The molecule has 3 aromatic carbocycles. The quantitative estimate of drug-likeness (QED) is 0.453. The van der Waals surface area contributed by atoms with E-state index in [2.05, 4.69) is 14.7 Å². The van der Waals surface area contributed by atoms with Crippen molar-refractivity contribution in [1.29, 1.82) is 0 Å². The number of aromatic nitrogens is 2. The third-order valence-electron chi connectivity index (χ3n) is 4.31. The number of methoxy groups -OCH3 is 1. The van der Waals surface area contributed by atoms with Gasteiger partial charge < -0.3 is 9.47 Å². The predicted molar refractivity (Wildman–Crippen MR) is 118 cm³/mol. The number of hydrogen-bond donors (Lipinski definition) is 1. The first kappa shape index (κ1) is 20.4. The minimum Gasteiger partial charge on any atom is -0.497 e. The van der Waals surface area contributed by atoms with E-state index in [1.807, 2.05) is 48.5 Å². The van der Waals surface area contributed by atoms with Crippen LogP contribution in [0.3, 0.4) is 0 Å². The molecule has 1 heterocycles. The average molecular weight is 433 g/mol. The monoisotopic (exact) mass is 433 g/mol. The first-order chi connectivity index (χ1) is 15.0. The van der Waals surface area contributed by atoms with Crippen molar-refractivity contribution in [3.63, 3.8) is 0 Å². The van der Waals surface area contributed by atoms with Gasteiger partial charge in [-0.05, 0) is 24.3 Å². The summed E-state index contributed by atoms with van der Waals surface area (Å²) in [4.78, 5) is 8.67. The van der Waals surface area contributed by atoms with Crippen LogP contribution in [0.1, 0.15) is 0 Å². The van der Waals surface area contributed by atoms with Crippen LogP contribution < -0.4 is 14.2 Å². The molecule has 7 nitrogen and oxygen atoms in total. The van der Waals surface area contributed by atoms with Crippen LogP contribution >= 0.6 is 0 Å². The smallest absolute Gasteiger partial charge is 0.264 e. The highest BCUT2D eigenvalue weighted by Gasteiger charge is 2.18. The standard InChI is InChI=1S/C23H19N3O4S/c1-29-19-13-8-14-20(15-19)31(27,28)26-23-24-21(17-9-4-2-5-10-17)16-22(25-23)30-18-11-6-3-7-12-18/h2-16H,1H3,(H,24,25,26). The molecule has 0 aliphatic heterocycles. The number of rotatable bonds is 7. The molecule has 156 valence electrons. The summed E-state index contributed by atoms with van der Waals surface area (Å²) in [5.41, 5.74) is 1.31. The first-order valence-corrected chi connectivity index (χ1v) is 10.9. The van der Waals surface area contributed by atoms with Crippen LogP contribution in [-0.2, 0) is 10.0 Å². The molecule has 0 radical (unpaired) electrons. The molecule has 4 rings (SSSR count). The van der Waals surface area contributed by atoms with Gasteiger partial charge in [-0.3, -0.25) is 0 Å². The van der Waals surface area contributed by atoms with Crippen molar-refractivity contribution < 1.29 is 17.9 Å². The molecule has 31 heavy (non-hydrogen) atoms. The normalized spacial score (nSPS) is 11.0. The van der Waals surface area contributed by atoms with Crippen molar-refractivity contribution in [3.8, 4) is 28.6 Å². The molecule has 0 atom stereocenters. The number of nitrogens with one attached hydrogen (secondary N) is 1. The second-order valence-corrected chi connectivity index (χ2v) is 8.16. The molecule has 0 unspecified atom stereocenters. The van der Waals surface area contributed by atoms with Crippen molar-refractivity contribution in [2.75, 3.05) is 11.8 Å². The molecule has 0 bridgehead atoms. The number of ether oxygens (including phenoxy) is 2. The maximum absolute atomic E-state index is 12.9. The second kappa shape index (κ2) is 8.85. The summed E-state index contributed by atoms with van der Waals surface area (Å²) in [6.07, 6.45) is 0. The number of hydrogen-bond acceptors (Lipinski definition) is 6. The molecular weight excluding hydrogens is 414 g/mol. The Morgan fingerprint density at radius 1 is 0.774 bits per heavy atom. The van der Waals surface area contributed by atoms with Crippen molar-refractivity contribution >= 4 is 16.0 Å². The third kappa shape index (κ3) is 4.99.